The number of carbonyl (C=O) groups is 1. The van der Waals surface area contributed by atoms with Crippen LogP contribution in [0, 0.1) is 17.2 Å². The van der Waals surface area contributed by atoms with Gasteiger partial charge in [-0.3, -0.25) is 4.79 Å². The van der Waals surface area contributed by atoms with E-state index in [1.54, 1.807) is 18.2 Å². The average molecular weight is 257 g/mol. The van der Waals surface area contributed by atoms with Gasteiger partial charge in [0.15, 0.2) is 5.78 Å². The molecule has 0 bridgehead atoms. The monoisotopic (exact) mass is 257 g/mol. The van der Waals surface area contributed by atoms with Crippen LogP contribution in [0.2, 0.25) is 0 Å². The number of nitrogens with zero attached hydrogens (tertiary/aromatic N) is 1. The summed E-state index contributed by atoms with van der Waals surface area (Å²) in [7, 11) is 0. The van der Waals surface area contributed by atoms with E-state index in [2.05, 4.69) is 13.0 Å². The van der Waals surface area contributed by atoms with Crippen molar-refractivity contribution in [3.05, 3.63) is 29.3 Å². The summed E-state index contributed by atoms with van der Waals surface area (Å²) in [6.07, 6.45) is 4.76. The first-order chi connectivity index (χ1) is 9.11. The Hall–Kier alpha value is -1.82. The quantitative estimate of drug-likeness (QED) is 0.775. The molecular formula is C16H19NO2. The third-order valence-electron chi connectivity index (χ3n) is 3.80. The van der Waals surface area contributed by atoms with Crippen molar-refractivity contribution in [2.45, 2.75) is 45.6 Å². The first kappa shape index (κ1) is 13.6. The molecule has 2 atom stereocenters. The lowest BCUT2D eigenvalue weighted by atomic mass is 9.88. The summed E-state index contributed by atoms with van der Waals surface area (Å²) in [5.41, 5.74) is 1.10. The molecule has 3 nitrogen and oxygen atoms in total. The normalized spacial score (nSPS) is 22.6. The Kier molecular flexibility index (Phi) is 4.21. The van der Waals surface area contributed by atoms with E-state index in [-0.39, 0.29) is 11.9 Å². The van der Waals surface area contributed by atoms with Gasteiger partial charge in [-0.2, -0.15) is 5.26 Å². The summed E-state index contributed by atoms with van der Waals surface area (Å²) in [5.74, 6) is 1.03. The Morgan fingerprint density at radius 2 is 2.11 bits per heavy atom. The molecule has 1 aromatic rings. The molecule has 0 radical (unpaired) electrons. The molecule has 2 unspecified atom stereocenters. The molecule has 1 fully saturated rings. The molecule has 3 heteroatoms. The van der Waals surface area contributed by atoms with Gasteiger partial charge in [-0.1, -0.05) is 13.3 Å². The van der Waals surface area contributed by atoms with Crippen LogP contribution in [0.3, 0.4) is 0 Å². The summed E-state index contributed by atoms with van der Waals surface area (Å²) < 4.78 is 6.03. The molecule has 1 aliphatic rings. The largest absolute Gasteiger partial charge is 0.489 e. The first-order valence-electron chi connectivity index (χ1n) is 6.83. The Balaban J connectivity index is 2.26. The lowest BCUT2D eigenvalue weighted by Gasteiger charge is -2.30. The number of ketones is 1. The van der Waals surface area contributed by atoms with Gasteiger partial charge in [0.25, 0.3) is 0 Å². The summed E-state index contributed by atoms with van der Waals surface area (Å²) in [4.78, 5) is 11.6. The van der Waals surface area contributed by atoms with Crippen LogP contribution in [-0.4, -0.2) is 11.9 Å². The third kappa shape index (κ3) is 3.14. The van der Waals surface area contributed by atoms with Crippen LogP contribution >= 0.6 is 0 Å². The molecular weight excluding hydrogens is 238 g/mol. The molecule has 1 aromatic carbocycles. The Morgan fingerprint density at radius 3 is 2.74 bits per heavy atom. The minimum Gasteiger partial charge on any atom is -0.489 e. The Bertz CT molecular complexity index is 516. The smallest absolute Gasteiger partial charge is 0.163 e. The van der Waals surface area contributed by atoms with Crippen molar-refractivity contribution in [2.75, 3.05) is 0 Å². The molecule has 1 aliphatic carbocycles. The van der Waals surface area contributed by atoms with E-state index in [0.717, 1.165) is 12.8 Å². The number of benzene rings is 1. The summed E-state index contributed by atoms with van der Waals surface area (Å²) in [6.45, 7) is 3.71. The van der Waals surface area contributed by atoms with Crippen LogP contribution < -0.4 is 4.74 Å². The number of hydrogen-bond donors (Lipinski definition) is 0. The highest BCUT2D eigenvalue weighted by molar-refractivity contribution is 5.97. The number of hydrogen-bond acceptors (Lipinski definition) is 3. The molecule has 0 amide bonds. The SMILES string of the molecule is CC(=O)c1ccc(C#N)cc1OC1CCCCC1C. The first-order valence-corrected chi connectivity index (χ1v) is 6.83. The molecule has 0 spiro atoms. The number of Topliss-reactive ketones (excluding diaryl/α,β-unsaturated/α-hetero) is 1. The average Bonchev–Trinajstić information content (AvgIpc) is 2.41. The topological polar surface area (TPSA) is 50.1 Å². The number of nitriles is 1. The molecule has 1 saturated carbocycles. The second-order valence-corrected chi connectivity index (χ2v) is 5.30. The van der Waals surface area contributed by atoms with Crippen molar-refractivity contribution < 1.29 is 9.53 Å². The molecule has 2 rings (SSSR count). The minimum atomic E-state index is -0.0250. The maximum atomic E-state index is 11.6. The molecule has 100 valence electrons. The summed E-state index contributed by atoms with van der Waals surface area (Å²) in [5, 5.41) is 8.96. The number of ether oxygens (including phenoxy) is 1. The predicted octanol–water partition coefficient (Wildman–Crippen LogP) is 3.72. The minimum absolute atomic E-state index is 0.0250. The van der Waals surface area contributed by atoms with Gasteiger partial charge in [0, 0.05) is 0 Å². The van der Waals surface area contributed by atoms with E-state index >= 15 is 0 Å². The third-order valence-corrected chi connectivity index (χ3v) is 3.80. The van der Waals surface area contributed by atoms with Crippen molar-refractivity contribution >= 4 is 5.78 Å². The highest BCUT2D eigenvalue weighted by Crippen LogP contribution is 2.30. The van der Waals surface area contributed by atoms with Crippen molar-refractivity contribution in [2.24, 2.45) is 5.92 Å². The van der Waals surface area contributed by atoms with E-state index in [1.165, 1.54) is 19.8 Å². The van der Waals surface area contributed by atoms with E-state index in [1.807, 2.05) is 0 Å². The maximum absolute atomic E-state index is 11.6. The van der Waals surface area contributed by atoms with Crippen molar-refractivity contribution in [3.8, 4) is 11.8 Å². The summed E-state index contributed by atoms with van der Waals surface area (Å²) >= 11 is 0. The van der Waals surface area contributed by atoms with E-state index in [9.17, 15) is 4.79 Å². The zero-order chi connectivity index (χ0) is 13.8. The molecule has 0 aliphatic heterocycles. The van der Waals surface area contributed by atoms with Crippen LogP contribution in [0.5, 0.6) is 5.75 Å². The van der Waals surface area contributed by atoms with Crippen molar-refractivity contribution in [1.29, 1.82) is 5.26 Å². The van der Waals surface area contributed by atoms with Crippen LogP contribution in [0.15, 0.2) is 18.2 Å². The summed E-state index contributed by atoms with van der Waals surface area (Å²) in [6, 6.07) is 7.11. The molecule has 0 saturated heterocycles. The number of rotatable bonds is 3. The molecule has 0 aromatic heterocycles. The van der Waals surface area contributed by atoms with E-state index < -0.39 is 0 Å². The van der Waals surface area contributed by atoms with E-state index in [0.29, 0.717) is 22.8 Å². The van der Waals surface area contributed by atoms with Crippen LogP contribution in [-0.2, 0) is 0 Å². The van der Waals surface area contributed by atoms with Gasteiger partial charge >= 0.3 is 0 Å². The van der Waals surface area contributed by atoms with Gasteiger partial charge in [-0.25, -0.2) is 0 Å². The molecule has 0 N–H and O–H groups in total. The number of carbonyl (C=O) groups excluding carboxylic acids is 1. The fourth-order valence-electron chi connectivity index (χ4n) is 2.60. The van der Waals surface area contributed by atoms with Gasteiger partial charge in [-0.15, -0.1) is 0 Å². The maximum Gasteiger partial charge on any atom is 0.163 e. The zero-order valence-corrected chi connectivity index (χ0v) is 11.5. The van der Waals surface area contributed by atoms with Crippen molar-refractivity contribution in [1.82, 2.24) is 0 Å². The highest BCUT2D eigenvalue weighted by Gasteiger charge is 2.24. The predicted molar refractivity (Wildman–Crippen MR) is 73.2 cm³/mol. The second kappa shape index (κ2) is 5.88. The van der Waals surface area contributed by atoms with Gasteiger partial charge in [-0.05, 0) is 50.3 Å². The Morgan fingerprint density at radius 1 is 1.37 bits per heavy atom. The van der Waals surface area contributed by atoms with Crippen LogP contribution in [0.25, 0.3) is 0 Å². The van der Waals surface area contributed by atoms with Gasteiger partial charge < -0.3 is 4.74 Å². The Labute approximate surface area is 114 Å². The highest BCUT2D eigenvalue weighted by atomic mass is 16.5. The standard InChI is InChI=1S/C16H19NO2/c1-11-5-3-4-6-15(11)19-16-9-13(10-17)7-8-14(16)12(2)18/h7-9,11,15H,3-6H2,1-2H3. The van der Waals surface area contributed by atoms with Crippen LogP contribution in [0.4, 0.5) is 0 Å². The lowest BCUT2D eigenvalue weighted by Crippen LogP contribution is -2.28. The van der Waals surface area contributed by atoms with Gasteiger partial charge in [0.2, 0.25) is 0 Å². The molecule has 19 heavy (non-hydrogen) atoms. The lowest BCUT2D eigenvalue weighted by molar-refractivity contribution is 0.0941. The zero-order valence-electron chi connectivity index (χ0n) is 11.5. The van der Waals surface area contributed by atoms with Crippen molar-refractivity contribution in [3.63, 3.8) is 0 Å². The van der Waals surface area contributed by atoms with Gasteiger partial charge in [0.1, 0.15) is 11.9 Å². The molecule has 0 heterocycles. The van der Waals surface area contributed by atoms with Crippen LogP contribution in [0.1, 0.15) is 55.5 Å². The van der Waals surface area contributed by atoms with E-state index in [4.69, 9.17) is 10.00 Å². The fraction of sp³-hybridized carbons (Fsp3) is 0.500. The fourth-order valence-corrected chi connectivity index (χ4v) is 2.60. The van der Waals surface area contributed by atoms with Gasteiger partial charge in [0.05, 0.1) is 17.2 Å². The second-order valence-electron chi connectivity index (χ2n) is 5.30.